The summed E-state index contributed by atoms with van der Waals surface area (Å²) in [5.74, 6) is -1.18. The summed E-state index contributed by atoms with van der Waals surface area (Å²) in [6, 6.07) is 1.56. The maximum atomic E-state index is 12.4. The molecule has 0 saturated heterocycles. The van der Waals surface area contributed by atoms with Crippen LogP contribution in [0, 0.1) is 5.95 Å². The highest BCUT2D eigenvalue weighted by Gasteiger charge is 2.04. The van der Waals surface area contributed by atoms with E-state index < -0.39 is 5.95 Å². The first-order valence-corrected chi connectivity index (χ1v) is 3.85. The van der Waals surface area contributed by atoms with Gasteiger partial charge in [-0.1, -0.05) is 0 Å². The fourth-order valence-corrected chi connectivity index (χ4v) is 1.05. The first-order valence-electron chi connectivity index (χ1n) is 2.63. The minimum Gasteiger partial charge on any atom is -0.503 e. The molecule has 1 rings (SSSR count). The van der Waals surface area contributed by atoms with Gasteiger partial charge in [0, 0.05) is 6.20 Å². The Morgan fingerprint density at radius 2 is 2.40 bits per heavy atom. The fraction of sp³-hybridized carbons (Fsp3) is 0.167. The van der Waals surface area contributed by atoms with Crippen LogP contribution in [0.25, 0.3) is 0 Å². The molecule has 0 amide bonds. The van der Waals surface area contributed by atoms with Crippen LogP contribution in [0.1, 0.15) is 0 Å². The van der Waals surface area contributed by atoms with Crippen molar-refractivity contribution in [1.82, 2.24) is 4.98 Å². The van der Waals surface area contributed by atoms with Crippen LogP contribution >= 0.6 is 11.8 Å². The van der Waals surface area contributed by atoms with E-state index in [9.17, 15) is 4.39 Å². The standard InChI is InChI=1S/C6H6FNOS/c1-10-4-2-3-8-6(7)5(4)9/h2-3,9H,1H3. The molecule has 0 aliphatic carbocycles. The van der Waals surface area contributed by atoms with Crippen molar-refractivity contribution in [2.75, 3.05) is 6.26 Å². The van der Waals surface area contributed by atoms with Crippen LogP contribution in [-0.4, -0.2) is 16.3 Å². The average Bonchev–Trinajstić information content (AvgIpc) is 1.95. The lowest BCUT2D eigenvalue weighted by atomic mass is 10.4. The molecule has 1 N–H and O–H groups in total. The molecule has 0 bridgehead atoms. The predicted octanol–water partition coefficient (Wildman–Crippen LogP) is 1.65. The van der Waals surface area contributed by atoms with Gasteiger partial charge in [0.25, 0.3) is 5.95 Å². The molecular weight excluding hydrogens is 153 g/mol. The van der Waals surface area contributed by atoms with Gasteiger partial charge in [0.2, 0.25) is 0 Å². The molecule has 0 atom stereocenters. The minimum absolute atomic E-state index is 0.366. The van der Waals surface area contributed by atoms with Gasteiger partial charge in [-0.05, 0) is 12.3 Å². The zero-order valence-electron chi connectivity index (χ0n) is 5.34. The molecule has 0 spiro atoms. The quantitative estimate of drug-likeness (QED) is 0.499. The number of aromatic nitrogens is 1. The Bertz CT molecular complexity index is 241. The number of nitrogens with zero attached hydrogens (tertiary/aromatic N) is 1. The number of rotatable bonds is 1. The summed E-state index contributed by atoms with van der Waals surface area (Å²) >= 11 is 1.28. The molecule has 1 heterocycles. The molecule has 0 radical (unpaired) electrons. The van der Waals surface area contributed by atoms with Crippen LogP contribution in [0.3, 0.4) is 0 Å². The Kier molecular flexibility index (Phi) is 2.11. The smallest absolute Gasteiger partial charge is 0.256 e. The second kappa shape index (κ2) is 2.88. The van der Waals surface area contributed by atoms with Gasteiger partial charge in [-0.25, -0.2) is 4.98 Å². The average molecular weight is 159 g/mol. The van der Waals surface area contributed by atoms with Crippen molar-refractivity contribution in [3.05, 3.63) is 18.2 Å². The summed E-state index contributed by atoms with van der Waals surface area (Å²) in [5, 5.41) is 8.94. The first-order chi connectivity index (χ1) is 4.75. The summed E-state index contributed by atoms with van der Waals surface area (Å²) in [6.07, 6.45) is 3.08. The molecule has 2 nitrogen and oxygen atoms in total. The lowest BCUT2D eigenvalue weighted by Crippen LogP contribution is -1.83. The highest BCUT2D eigenvalue weighted by molar-refractivity contribution is 7.98. The Morgan fingerprint density at radius 1 is 1.70 bits per heavy atom. The number of thioether (sulfide) groups is 1. The predicted molar refractivity (Wildman–Crippen MR) is 37.6 cm³/mol. The van der Waals surface area contributed by atoms with Crippen molar-refractivity contribution >= 4 is 11.8 Å². The zero-order chi connectivity index (χ0) is 7.56. The van der Waals surface area contributed by atoms with Crippen molar-refractivity contribution in [2.45, 2.75) is 4.90 Å². The number of aromatic hydroxyl groups is 1. The largest absolute Gasteiger partial charge is 0.503 e. The van der Waals surface area contributed by atoms with Gasteiger partial charge in [-0.3, -0.25) is 0 Å². The van der Waals surface area contributed by atoms with Crippen LogP contribution in [0.15, 0.2) is 17.2 Å². The highest BCUT2D eigenvalue weighted by atomic mass is 32.2. The second-order valence-electron chi connectivity index (χ2n) is 1.65. The maximum absolute atomic E-state index is 12.4. The van der Waals surface area contributed by atoms with Crippen molar-refractivity contribution in [3.63, 3.8) is 0 Å². The van der Waals surface area contributed by atoms with Crippen LogP contribution in [0.4, 0.5) is 4.39 Å². The number of hydrogen-bond acceptors (Lipinski definition) is 3. The normalized spacial score (nSPS) is 9.80. The third-order valence-electron chi connectivity index (χ3n) is 1.06. The van der Waals surface area contributed by atoms with Gasteiger partial charge in [0.05, 0.1) is 4.90 Å². The van der Waals surface area contributed by atoms with Gasteiger partial charge in [-0.15, -0.1) is 11.8 Å². The molecule has 10 heavy (non-hydrogen) atoms. The molecule has 4 heteroatoms. The third-order valence-corrected chi connectivity index (χ3v) is 1.83. The monoisotopic (exact) mass is 159 g/mol. The van der Waals surface area contributed by atoms with Gasteiger partial charge < -0.3 is 5.11 Å². The van der Waals surface area contributed by atoms with Crippen molar-refractivity contribution in [1.29, 1.82) is 0 Å². The van der Waals surface area contributed by atoms with E-state index in [2.05, 4.69) is 4.98 Å². The van der Waals surface area contributed by atoms with Crippen molar-refractivity contribution in [3.8, 4) is 5.75 Å². The molecule has 0 unspecified atom stereocenters. The van der Waals surface area contributed by atoms with E-state index in [1.54, 1.807) is 12.3 Å². The van der Waals surface area contributed by atoms with Crippen molar-refractivity contribution in [2.24, 2.45) is 0 Å². The molecule has 0 aliphatic rings. The third kappa shape index (κ3) is 1.21. The Hall–Kier alpha value is -0.770. The summed E-state index contributed by atoms with van der Waals surface area (Å²) in [4.78, 5) is 3.76. The topological polar surface area (TPSA) is 33.1 Å². The van der Waals surface area contributed by atoms with E-state index in [0.29, 0.717) is 4.90 Å². The summed E-state index contributed by atoms with van der Waals surface area (Å²) in [5.41, 5.74) is 0. The highest BCUT2D eigenvalue weighted by Crippen LogP contribution is 2.26. The minimum atomic E-state index is -0.813. The molecule has 0 saturated carbocycles. The van der Waals surface area contributed by atoms with E-state index in [4.69, 9.17) is 5.11 Å². The van der Waals surface area contributed by atoms with E-state index in [1.165, 1.54) is 18.0 Å². The number of hydrogen-bond donors (Lipinski definition) is 1. The van der Waals surface area contributed by atoms with Gasteiger partial charge in [0.15, 0.2) is 5.75 Å². The van der Waals surface area contributed by atoms with Crippen LogP contribution in [0.2, 0.25) is 0 Å². The fourth-order valence-electron chi connectivity index (χ4n) is 0.577. The van der Waals surface area contributed by atoms with Gasteiger partial charge >= 0.3 is 0 Å². The Balaban J connectivity index is 3.14. The van der Waals surface area contributed by atoms with E-state index in [-0.39, 0.29) is 5.75 Å². The zero-order valence-corrected chi connectivity index (χ0v) is 6.15. The summed E-state index contributed by atoms with van der Waals surface area (Å²) < 4.78 is 12.4. The Labute approximate surface area is 62.1 Å². The SMILES string of the molecule is CSc1ccnc(F)c1O. The van der Waals surface area contributed by atoms with Crippen LogP contribution in [-0.2, 0) is 0 Å². The lowest BCUT2D eigenvalue weighted by Gasteiger charge is -1.98. The van der Waals surface area contributed by atoms with Crippen LogP contribution in [0.5, 0.6) is 5.75 Å². The molecule has 0 aliphatic heterocycles. The molecule has 1 aromatic heterocycles. The lowest BCUT2D eigenvalue weighted by molar-refractivity contribution is 0.406. The molecule has 1 aromatic rings. The molecule has 0 aromatic carbocycles. The summed E-state index contributed by atoms with van der Waals surface area (Å²) in [7, 11) is 0. The van der Waals surface area contributed by atoms with Crippen LogP contribution < -0.4 is 0 Å². The molecular formula is C6H6FNOS. The van der Waals surface area contributed by atoms with E-state index >= 15 is 0 Å². The van der Waals surface area contributed by atoms with Gasteiger partial charge in [0.1, 0.15) is 0 Å². The summed E-state index contributed by atoms with van der Waals surface area (Å²) in [6.45, 7) is 0. The van der Waals surface area contributed by atoms with Gasteiger partial charge in [-0.2, -0.15) is 4.39 Å². The first kappa shape index (κ1) is 7.34. The van der Waals surface area contributed by atoms with E-state index in [1.807, 2.05) is 0 Å². The van der Waals surface area contributed by atoms with E-state index in [0.717, 1.165) is 0 Å². The molecule has 0 fully saturated rings. The number of halogens is 1. The van der Waals surface area contributed by atoms with Crippen molar-refractivity contribution < 1.29 is 9.50 Å². The molecule has 54 valence electrons. The second-order valence-corrected chi connectivity index (χ2v) is 2.50. The number of pyridine rings is 1. The maximum Gasteiger partial charge on any atom is 0.256 e. The Morgan fingerprint density at radius 3 is 2.90 bits per heavy atom.